The summed E-state index contributed by atoms with van der Waals surface area (Å²) in [5.74, 6) is 0.721. The minimum atomic E-state index is -0.0486. The van der Waals surface area contributed by atoms with Gasteiger partial charge in [-0.3, -0.25) is 14.3 Å². The summed E-state index contributed by atoms with van der Waals surface area (Å²) in [6, 6.07) is 16.1. The second-order valence-corrected chi connectivity index (χ2v) is 6.87. The highest BCUT2D eigenvalue weighted by Crippen LogP contribution is 2.21. The molecular formula is C21H23N5O. The normalized spacial score (nSPS) is 16.6. The fourth-order valence-electron chi connectivity index (χ4n) is 3.45. The molecule has 1 N–H and O–H groups in total. The van der Waals surface area contributed by atoms with Crippen LogP contribution < -0.4 is 15.8 Å². The van der Waals surface area contributed by atoms with E-state index < -0.39 is 0 Å². The zero-order chi connectivity index (χ0) is 18.6. The molecule has 4 rings (SSSR count). The van der Waals surface area contributed by atoms with Gasteiger partial charge >= 0.3 is 0 Å². The highest BCUT2D eigenvalue weighted by molar-refractivity contribution is 5.59. The molecule has 1 fully saturated rings. The van der Waals surface area contributed by atoms with Crippen molar-refractivity contribution in [2.75, 3.05) is 18.0 Å². The first-order valence-electron chi connectivity index (χ1n) is 9.21. The number of pyridine rings is 1. The molecule has 0 bridgehead atoms. The van der Waals surface area contributed by atoms with Crippen LogP contribution in [0.1, 0.15) is 12.0 Å². The third-order valence-corrected chi connectivity index (χ3v) is 5.00. The van der Waals surface area contributed by atoms with Gasteiger partial charge in [0, 0.05) is 56.7 Å². The maximum absolute atomic E-state index is 12.4. The van der Waals surface area contributed by atoms with E-state index >= 15 is 0 Å². The van der Waals surface area contributed by atoms with E-state index in [4.69, 9.17) is 4.98 Å². The quantitative estimate of drug-likeness (QED) is 0.755. The molecule has 3 heterocycles. The predicted octanol–water partition coefficient (Wildman–Crippen LogP) is 2.21. The monoisotopic (exact) mass is 361 g/mol. The molecule has 1 atom stereocenters. The summed E-state index contributed by atoms with van der Waals surface area (Å²) in [6.45, 7) is 2.57. The van der Waals surface area contributed by atoms with Crippen molar-refractivity contribution in [3.8, 4) is 11.3 Å². The number of aromatic nitrogens is 3. The molecule has 1 aliphatic rings. The molecule has 1 aliphatic heterocycles. The number of rotatable bonds is 5. The summed E-state index contributed by atoms with van der Waals surface area (Å²) in [4.78, 5) is 23.4. The Labute approximate surface area is 158 Å². The van der Waals surface area contributed by atoms with Gasteiger partial charge in [0.1, 0.15) is 0 Å². The van der Waals surface area contributed by atoms with Crippen LogP contribution in [-0.4, -0.2) is 33.7 Å². The molecule has 0 aliphatic carbocycles. The van der Waals surface area contributed by atoms with Gasteiger partial charge in [0.15, 0.2) is 0 Å². The van der Waals surface area contributed by atoms with Crippen molar-refractivity contribution >= 4 is 5.95 Å². The van der Waals surface area contributed by atoms with Crippen LogP contribution in [0.5, 0.6) is 0 Å². The maximum atomic E-state index is 12.4. The van der Waals surface area contributed by atoms with E-state index in [2.05, 4.69) is 39.5 Å². The third-order valence-electron chi connectivity index (χ3n) is 5.00. The van der Waals surface area contributed by atoms with E-state index in [1.165, 1.54) is 5.56 Å². The van der Waals surface area contributed by atoms with Gasteiger partial charge in [0.2, 0.25) is 5.95 Å². The predicted molar refractivity (Wildman–Crippen MR) is 107 cm³/mol. The molecular weight excluding hydrogens is 338 g/mol. The Hall–Kier alpha value is -2.99. The second kappa shape index (κ2) is 7.72. The Morgan fingerprint density at radius 3 is 2.70 bits per heavy atom. The lowest BCUT2D eigenvalue weighted by atomic mass is 10.2. The van der Waals surface area contributed by atoms with Gasteiger partial charge in [0.25, 0.3) is 5.56 Å². The van der Waals surface area contributed by atoms with Crippen LogP contribution in [0.3, 0.4) is 0 Å². The summed E-state index contributed by atoms with van der Waals surface area (Å²) in [5, 5.41) is 3.61. The van der Waals surface area contributed by atoms with Crippen molar-refractivity contribution in [1.29, 1.82) is 0 Å². The first-order chi connectivity index (χ1) is 13.2. The number of anilines is 1. The minimum Gasteiger partial charge on any atom is -0.341 e. The first-order valence-corrected chi connectivity index (χ1v) is 9.21. The van der Waals surface area contributed by atoms with Crippen molar-refractivity contribution in [2.24, 2.45) is 7.05 Å². The van der Waals surface area contributed by atoms with Crippen LogP contribution in [0, 0.1) is 0 Å². The first kappa shape index (κ1) is 17.4. The lowest BCUT2D eigenvalue weighted by molar-refractivity contribution is 0.550. The van der Waals surface area contributed by atoms with Gasteiger partial charge in [0.05, 0.1) is 5.69 Å². The lowest BCUT2D eigenvalue weighted by Gasteiger charge is -2.21. The van der Waals surface area contributed by atoms with Crippen LogP contribution >= 0.6 is 0 Å². The van der Waals surface area contributed by atoms with Crippen LogP contribution in [-0.2, 0) is 13.6 Å². The van der Waals surface area contributed by atoms with Crippen molar-refractivity contribution in [1.82, 2.24) is 19.9 Å². The van der Waals surface area contributed by atoms with Gasteiger partial charge < -0.3 is 10.2 Å². The van der Waals surface area contributed by atoms with Crippen LogP contribution in [0.4, 0.5) is 5.95 Å². The molecule has 1 unspecified atom stereocenters. The average molecular weight is 361 g/mol. The second-order valence-electron chi connectivity index (χ2n) is 6.87. The zero-order valence-electron chi connectivity index (χ0n) is 15.4. The zero-order valence-corrected chi connectivity index (χ0v) is 15.4. The molecule has 138 valence electrons. The highest BCUT2D eigenvalue weighted by Gasteiger charge is 2.25. The van der Waals surface area contributed by atoms with Gasteiger partial charge in [-0.25, -0.2) is 4.98 Å². The number of benzene rings is 1. The molecule has 6 heteroatoms. The molecule has 27 heavy (non-hydrogen) atoms. The number of hydrogen-bond acceptors (Lipinski definition) is 5. The topological polar surface area (TPSA) is 63.1 Å². The highest BCUT2D eigenvalue weighted by atomic mass is 16.1. The Balaban J connectivity index is 1.50. The van der Waals surface area contributed by atoms with Gasteiger partial charge in [-0.1, -0.05) is 30.3 Å². The largest absolute Gasteiger partial charge is 0.341 e. The van der Waals surface area contributed by atoms with E-state index in [1.807, 2.05) is 18.2 Å². The average Bonchev–Trinajstić information content (AvgIpc) is 3.18. The smallest absolute Gasteiger partial charge is 0.255 e. The molecule has 0 radical (unpaired) electrons. The Morgan fingerprint density at radius 1 is 1.15 bits per heavy atom. The molecule has 0 spiro atoms. The maximum Gasteiger partial charge on any atom is 0.255 e. The van der Waals surface area contributed by atoms with Crippen molar-refractivity contribution < 1.29 is 0 Å². The van der Waals surface area contributed by atoms with E-state index in [-0.39, 0.29) is 5.56 Å². The lowest BCUT2D eigenvalue weighted by Crippen LogP contribution is -2.34. The number of nitrogens with zero attached hydrogens (tertiary/aromatic N) is 4. The van der Waals surface area contributed by atoms with Crippen LogP contribution in [0.25, 0.3) is 11.3 Å². The van der Waals surface area contributed by atoms with E-state index in [0.29, 0.717) is 11.7 Å². The van der Waals surface area contributed by atoms with Gasteiger partial charge in [-0.2, -0.15) is 0 Å². The van der Waals surface area contributed by atoms with Crippen LogP contribution in [0.15, 0.2) is 65.7 Å². The van der Waals surface area contributed by atoms with Crippen molar-refractivity contribution in [3.05, 3.63) is 76.8 Å². The summed E-state index contributed by atoms with van der Waals surface area (Å²) >= 11 is 0. The number of nitrogens with one attached hydrogen (secondary N) is 1. The molecule has 0 saturated carbocycles. The van der Waals surface area contributed by atoms with E-state index in [1.54, 1.807) is 30.1 Å². The van der Waals surface area contributed by atoms with Crippen molar-refractivity contribution in [3.63, 3.8) is 0 Å². The molecule has 2 aromatic heterocycles. The molecule has 6 nitrogen and oxygen atoms in total. The van der Waals surface area contributed by atoms with Crippen LogP contribution in [0.2, 0.25) is 0 Å². The Morgan fingerprint density at radius 2 is 1.93 bits per heavy atom. The Bertz CT molecular complexity index is 955. The Kier molecular flexibility index (Phi) is 4.98. The summed E-state index contributed by atoms with van der Waals surface area (Å²) < 4.78 is 1.63. The summed E-state index contributed by atoms with van der Waals surface area (Å²) in [5.41, 5.74) is 2.83. The van der Waals surface area contributed by atoms with Gasteiger partial charge in [-0.05, 0) is 24.1 Å². The fraction of sp³-hybridized carbons (Fsp3) is 0.286. The number of hydrogen-bond donors (Lipinski definition) is 1. The summed E-state index contributed by atoms with van der Waals surface area (Å²) in [6.07, 6.45) is 4.46. The molecule has 1 saturated heterocycles. The van der Waals surface area contributed by atoms with Crippen molar-refractivity contribution in [2.45, 2.75) is 19.0 Å². The van der Waals surface area contributed by atoms with E-state index in [0.717, 1.165) is 37.6 Å². The SMILES string of the molecule is Cn1c(N2CCC(NCc3ccccc3)C2)nc(-c2ccncc2)cc1=O. The molecule has 3 aromatic rings. The molecule has 0 amide bonds. The van der Waals surface area contributed by atoms with E-state index in [9.17, 15) is 4.79 Å². The van der Waals surface area contributed by atoms with Gasteiger partial charge in [-0.15, -0.1) is 0 Å². The third kappa shape index (κ3) is 3.90. The summed E-state index contributed by atoms with van der Waals surface area (Å²) in [7, 11) is 1.78. The minimum absolute atomic E-state index is 0.0486. The molecule has 1 aromatic carbocycles. The standard InChI is InChI=1S/C21H23N5O/c1-25-20(27)13-19(17-7-10-22-11-8-17)24-21(25)26-12-9-18(15-26)23-14-16-5-3-2-4-6-16/h2-8,10-11,13,18,23H,9,12,14-15H2,1H3. The fourth-order valence-corrected chi connectivity index (χ4v) is 3.45.